The van der Waals surface area contributed by atoms with Crippen LogP contribution in [0.25, 0.3) is 100 Å². The molecule has 0 saturated carbocycles. The van der Waals surface area contributed by atoms with Crippen molar-refractivity contribution in [3.8, 4) is 100 Å². The Morgan fingerprint density at radius 2 is 0.607 bits per heavy atom. The minimum Gasteiger partial charge on any atom is -0.310 e. The van der Waals surface area contributed by atoms with E-state index in [-0.39, 0.29) is 46.1 Å². The van der Waals surface area contributed by atoms with Crippen LogP contribution in [0.4, 0.5) is 34.1 Å². The second kappa shape index (κ2) is 27.3. The van der Waals surface area contributed by atoms with Crippen LogP contribution in [0.15, 0.2) is 376 Å². The molecule has 0 amide bonds. The van der Waals surface area contributed by atoms with Gasteiger partial charge < -0.3 is 9.80 Å². The summed E-state index contributed by atoms with van der Waals surface area (Å²) in [4.78, 5) is 4.72. The second-order valence-corrected chi connectivity index (χ2v) is 33.1. The maximum atomic E-state index is 10.2. The highest BCUT2D eigenvalue weighted by molar-refractivity contribution is 7.00. The number of fused-ring (bicyclic) bond motifs is 7. The van der Waals surface area contributed by atoms with Crippen molar-refractivity contribution in [3.63, 3.8) is 0 Å². The van der Waals surface area contributed by atoms with Crippen molar-refractivity contribution in [2.75, 3.05) is 9.80 Å². The van der Waals surface area contributed by atoms with Crippen molar-refractivity contribution in [1.29, 1.82) is 0 Å². The van der Waals surface area contributed by atoms with Crippen molar-refractivity contribution in [2.24, 2.45) is 0 Å². The zero-order valence-electron chi connectivity index (χ0n) is 74.5. The third-order valence-electron chi connectivity index (χ3n) is 23.4. The molecule has 19 rings (SSSR count). The van der Waals surface area contributed by atoms with Gasteiger partial charge in [-0.2, -0.15) is 0 Å². The van der Waals surface area contributed by atoms with Gasteiger partial charge in [-0.05, 0) is 198 Å². The van der Waals surface area contributed by atoms with Gasteiger partial charge in [0, 0.05) is 45.0 Å². The van der Waals surface area contributed by atoms with Crippen LogP contribution < -0.4 is 26.2 Å². The predicted octanol–water partition coefficient (Wildman–Crippen LogP) is 27.4. The molecule has 1 unspecified atom stereocenters. The van der Waals surface area contributed by atoms with E-state index in [0.717, 1.165) is 145 Å². The number of hydrogen-bond acceptors (Lipinski definition) is 2. The van der Waals surface area contributed by atoms with Crippen LogP contribution in [0.2, 0.25) is 0 Å². The Kier molecular flexibility index (Phi) is 14.4. The Labute approximate surface area is 675 Å². The lowest BCUT2D eigenvalue weighted by atomic mass is 9.33. The van der Waals surface area contributed by atoms with Gasteiger partial charge in [0.1, 0.15) is 0 Å². The Balaban J connectivity index is 1.01. The van der Waals surface area contributed by atoms with Gasteiger partial charge in [-0.25, -0.2) is 0 Å². The first-order chi connectivity index (χ1) is 58.6. The fourth-order valence-corrected chi connectivity index (χ4v) is 17.9. The fraction of sp³-hybridized carbons (Fsp3) is 0.119. The highest BCUT2D eigenvalue weighted by atomic mass is 15.2. The summed E-state index contributed by atoms with van der Waals surface area (Å²) in [5, 5.41) is 0. The number of nitrogens with zero attached hydrogens (tertiary/aromatic N) is 2. The van der Waals surface area contributed by atoms with Crippen LogP contribution in [0.5, 0.6) is 0 Å². The molecule has 538 valence electrons. The van der Waals surface area contributed by atoms with Crippen LogP contribution in [0.3, 0.4) is 0 Å². The average Bonchev–Trinajstić information content (AvgIpc) is 1.30. The molecule has 2 nitrogen and oxygen atoms in total. The number of hydrogen-bond donors (Lipinski definition) is 0. The first kappa shape index (κ1) is 59.1. The highest BCUT2D eigenvalue weighted by Gasteiger charge is 2.50. The number of anilines is 6. The van der Waals surface area contributed by atoms with Crippen molar-refractivity contribution < 1.29 is 13.7 Å². The lowest BCUT2D eigenvalue weighted by Gasteiger charge is -2.46. The lowest BCUT2D eigenvalue weighted by molar-refractivity contribution is 0.590. The van der Waals surface area contributed by atoms with Crippen molar-refractivity contribution >= 4 is 57.2 Å². The molecular weight excluding hydrogens is 1350 g/mol. The summed E-state index contributed by atoms with van der Waals surface area (Å²) in [6.07, 6.45) is 0. The first-order valence-electron chi connectivity index (χ1n) is 43.9. The van der Waals surface area contributed by atoms with Crippen LogP contribution in [0.1, 0.15) is 115 Å². The molecular formula is C109H89BN2. The molecule has 2 heterocycles. The van der Waals surface area contributed by atoms with Gasteiger partial charge in [0.25, 0.3) is 6.71 Å². The Bertz CT molecular complexity index is 6760. The number of rotatable bonds is 12. The summed E-state index contributed by atoms with van der Waals surface area (Å²) < 4.78 is 95.8. The fourth-order valence-electron chi connectivity index (χ4n) is 17.9. The standard InChI is InChI=1S/C109H89BN2/c1-106(2,3)82-60-56-78(57-61-82)86-50-31-33-54-94(86)109(83-48-29-16-30-49-83)95-55-34-32-51-88(95)89-53-35-52-87(102(89)109)80-59-63-97-99(65-80)112(105-92(76-44-25-14-26-45-76)70-85(108(7,8)9)71-93(105)77-46-27-15-28-47-77)101-67-81(73-38-19-11-20-39-73)66-100-103(101)110(97)96-62-58-79(72-36-17-10-18-37-72)64-98(96)111(100)104-90(74-40-21-12-22-41-74)68-84(107(4,5)6)69-91(104)75-42-23-13-24-43-75/h10-71H,1-9H3/i10D,11D,17D,18D,19D,20D,36D,37D,38D,39D. The van der Waals surface area contributed by atoms with E-state index in [0.29, 0.717) is 28.2 Å². The molecule has 112 heavy (non-hydrogen) atoms. The average molecular weight is 1450 g/mol. The molecule has 0 bridgehead atoms. The SMILES string of the molecule is [2H]c1c([2H])c([2H])c(-c2ccc3c(c2)N(c2c(-c4ccccc4)cc(C(C)(C)C)cc2-c2ccccc2)c2cc(-c4c([2H])c([2H])c([2H])c([2H])c4[2H])cc4c2B3c2ccc(-c3cccc5c3C(c3ccccc3)(c3ccccc3-c3ccc(C(C)(C)C)cc3)c3ccccc3-5)cc2N4c2c(-c3ccccc3)cc(C(C)(C)C)cc2-c2ccccc2)c([2H])c1[2H]. The third kappa shape index (κ3) is 11.7. The van der Waals surface area contributed by atoms with E-state index in [1.165, 1.54) is 5.56 Å². The predicted molar refractivity (Wildman–Crippen MR) is 477 cm³/mol. The molecule has 0 fully saturated rings. The molecule has 16 aromatic carbocycles. The Morgan fingerprint density at radius 1 is 0.259 bits per heavy atom. The normalized spacial score (nSPS) is 15.3. The van der Waals surface area contributed by atoms with E-state index in [4.69, 9.17) is 1.37 Å². The Morgan fingerprint density at radius 3 is 1.06 bits per heavy atom. The molecule has 0 saturated heterocycles. The minimum absolute atomic E-state index is 0.00360. The largest absolute Gasteiger partial charge is 0.310 e. The van der Waals surface area contributed by atoms with Gasteiger partial charge in [0.2, 0.25) is 0 Å². The van der Waals surface area contributed by atoms with Crippen LogP contribution in [-0.2, 0) is 21.7 Å². The van der Waals surface area contributed by atoms with Gasteiger partial charge in [0.05, 0.1) is 30.5 Å². The Hall–Kier alpha value is -12.8. The molecule has 0 N–H and O–H groups in total. The second-order valence-electron chi connectivity index (χ2n) is 33.1. The maximum absolute atomic E-state index is 10.2. The zero-order valence-corrected chi connectivity index (χ0v) is 64.5. The maximum Gasteiger partial charge on any atom is 0.252 e. The van der Waals surface area contributed by atoms with Crippen molar-refractivity contribution in [3.05, 3.63) is 415 Å². The summed E-state index contributed by atoms with van der Waals surface area (Å²) in [5.74, 6) is 0. The quantitative estimate of drug-likeness (QED) is 0.113. The van der Waals surface area contributed by atoms with Crippen LogP contribution >= 0.6 is 0 Å². The minimum atomic E-state index is -0.936. The van der Waals surface area contributed by atoms with Crippen LogP contribution in [-0.4, -0.2) is 6.71 Å². The van der Waals surface area contributed by atoms with E-state index < -0.39 is 53.8 Å². The summed E-state index contributed by atoms with van der Waals surface area (Å²) >= 11 is 0. The molecule has 0 spiro atoms. The van der Waals surface area contributed by atoms with Gasteiger partial charge in [-0.3, -0.25) is 0 Å². The topological polar surface area (TPSA) is 6.48 Å². The monoisotopic (exact) mass is 1450 g/mol. The number of benzene rings is 16. The summed E-state index contributed by atoms with van der Waals surface area (Å²) in [7, 11) is 0. The molecule has 0 radical (unpaired) electrons. The first-order valence-corrected chi connectivity index (χ1v) is 38.9. The lowest BCUT2D eigenvalue weighted by Crippen LogP contribution is -2.61. The van der Waals surface area contributed by atoms with Gasteiger partial charge >= 0.3 is 0 Å². The van der Waals surface area contributed by atoms with E-state index in [9.17, 15) is 12.3 Å². The van der Waals surface area contributed by atoms with Gasteiger partial charge in [0.15, 0.2) is 0 Å². The molecule has 0 aromatic heterocycles. The summed E-state index contributed by atoms with van der Waals surface area (Å²) in [6, 6.07) is 108. The van der Waals surface area contributed by atoms with Gasteiger partial charge in [-0.1, -0.05) is 390 Å². The van der Waals surface area contributed by atoms with Crippen molar-refractivity contribution in [2.45, 2.75) is 84.0 Å². The summed E-state index contributed by atoms with van der Waals surface area (Å²) in [5.41, 5.74) is 27.3. The summed E-state index contributed by atoms with van der Waals surface area (Å²) in [6.45, 7) is 19.5. The van der Waals surface area contributed by atoms with E-state index in [1.54, 1.807) is 0 Å². The van der Waals surface area contributed by atoms with E-state index in [2.05, 4.69) is 321 Å². The molecule has 1 atom stereocenters. The smallest absolute Gasteiger partial charge is 0.252 e. The van der Waals surface area contributed by atoms with Gasteiger partial charge in [-0.15, -0.1) is 0 Å². The molecule has 3 heteroatoms. The van der Waals surface area contributed by atoms with E-state index in [1.807, 2.05) is 66.7 Å². The molecule has 3 aliphatic rings. The third-order valence-corrected chi connectivity index (χ3v) is 23.4. The highest BCUT2D eigenvalue weighted by Crippen LogP contribution is 2.62. The van der Waals surface area contributed by atoms with Crippen LogP contribution in [0, 0.1) is 0 Å². The molecule has 1 aliphatic carbocycles. The zero-order chi connectivity index (χ0) is 84.9. The van der Waals surface area contributed by atoms with Crippen molar-refractivity contribution in [1.82, 2.24) is 0 Å². The van der Waals surface area contributed by atoms with E-state index >= 15 is 0 Å². The molecule has 2 aliphatic heterocycles. The molecule has 16 aromatic rings.